The zero-order chi connectivity index (χ0) is 15.2. The van der Waals surface area contributed by atoms with Crippen molar-refractivity contribution in [2.24, 2.45) is 5.73 Å². The number of aryl methyl sites for hydroxylation is 2. The van der Waals surface area contributed by atoms with Gasteiger partial charge in [0.05, 0.1) is 22.2 Å². The Hall–Kier alpha value is -1.88. The van der Waals surface area contributed by atoms with Crippen molar-refractivity contribution in [1.29, 1.82) is 5.41 Å². The average molecular weight is 303 g/mol. The molecule has 2 aromatic rings. The molecule has 0 atom stereocenters. The summed E-state index contributed by atoms with van der Waals surface area (Å²) in [5, 5.41) is 8.54. The Morgan fingerprint density at radius 3 is 2.76 bits per heavy atom. The smallest absolute Gasteiger partial charge is 0.135 e. The van der Waals surface area contributed by atoms with E-state index in [0.717, 1.165) is 40.6 Å². The maximum atomic E-state index is 7.57. The van der Waals surface area contributed by atoms with Gasteiger partial charge in [-0.25, -0.2) is 4.98 Å². The van der Waals surface area contributed by atoms with Crippen LogP contribution in [-0.2, 0) is 19.3 Å². The summed E-state index contributed by atoms with van der Waals surface area (Å²) in [6.07, 6.45) is 2.54. The maximum Gasteiger partial charge on any atom is 0.135 e. The van der Waals surface area contributed by atoms with Gasteiger partial charge in [-0.1, -0.05) is 26.0 Å². The lowest BCUT2D eigenvalue weighted by molar-refractivity contribution is 0.321. The van der Waals surface area contributed by atoms with E-state index in [0.29, 0.717) is 6.61 Å². The number of rotatable bonds is 7. The predicted octanol–water partition coefficient (Wildman–Crippen LogP) is 3.17. The minimum atomic E-state index is 0.104. The van der Waals surface area contributed by atoms with Crippen molar-refractivity contribution in [1.82, 2.24) is 4.98 Å². The molecule has 4 nitrogen and oxygen atoms in total. The highest BCUT2D eigenvalue weighted by Gasteiger charge is 2.12. The fraction of sp³-hybridized carbons (Fsp3) is 0.375. The molecule has 0 unspecified atom stereocenters. The van der Waals surface area contributed by atoms with Gasteiger partial charge in [0.25, 0.3) is 0 Å². The summed E-state index contributed by atoms with van der Waals surface area (Å²) >= 11 is 1.49. The number of hydrogen-bond donors (Lipinski definition) is 2. The van der Waals surface area contributed by atoms with Crippen molar-refractivity contribution < 1.29 is 4.74 Å². The van der Waals surface area contributed by atoms with Crippen LogP contribution in [0.5, 0.6) is 5.75 Å². The van der Waals surface area contributed by atoms with Gasteiger partial charge in [0.2, 0.25) is 0 Å². The Morgan fingerprint density at radius 1 is 1.33 bits per heavy atom. The second-order valence-electron chi connectivity index (χ2n) is 4.75. The molecular formula is C16H21N3OS. The standard InChI is InChI=1S/C16H21N3OS/c1-3-11-6-5-7-12(10-11)20-9-8-14-19-13(4-2)15(21-14)16(17)18/h5-7,10H,3-4,8-9H2,1-2H3,(H3,17,18). The van der Waals surface area contributed by atoms with Crippen LogP contribution < -0.4 is 10.5 Å². The Kier molecular flexibility index (Phi) is 5.33. The highest BCUT2D eigenvalue weighted by Crippen LogP contribution is 2.20. The summed E-state index contributed by atoms with van der Waals surface area (Å²) in [5.74, 6) is 1.00. The first-order chi connectivity index (χ1) is 10.1. The van der Waals surface area contributed by atoms with Crippen molar-refractivity contribution >= 4 is 17.2 Å². The normalized spacial score (nSPS) is 10.6. The molecule has 0 saturated heterocycles. The Labute approximate surface area is 129 Å². The zero-order valence-electron chi connectivity index (χ0n) is 12.5. The third kappa shape index (κ3) is 4.04. The van der Waals surface area contributed by atoms with Crippen molar-refractivity contribution in [3.8, 4) is 5.75 Å². The van der Waals surface area contributed by atoms with Crippen LogP contribution in [0.4, 0.5) is 0 Å². The number of nitrogens with zero attached hydrogens (tertiary/aromatic N) is 1. The quantitative estimate of drug-likeness (QED) is 0.609. The highest BCUT2D eigenvalue weighted by atomic mass is 32.1. The van der Waals surface area contributed by atoms with E-state index in [1.807, 2.05) is 19.1 Å². The third-order valence-electron chi connectivity index (χ3n) is 3.21. The molecule has 1 aromatic carbocycles. The summed E-state index contributed by atoms with van der Waals surface area (Å²) in [6.45, 7) is 4.74. The van der Waals surface area contributed by atoms with E-state index < -0.39 is 0 Å². The highest BCUT2D eigenvalue weighted by molar-refractivity contribution is 7.13. The van der Waals surface area contributed by atoms with Gasteiger partial charge in [0.15, 0.2) is 0 Å². The van der Waals surface area contributed by atoms with Gasteiger partial charge < -0.3 is 10.5 Å². The zero-order valence-corrected chi connectivity index (χ0v) is 13.3. The van der Waals surface area contributed by atoms with Crippen molar-refractivity contribution in [3.05, 3.63) is 45.4 Å². The number of hydrogen-bond acceptors (Lipinski definition) is 4. The molecule has 5 heteroatoms. The van der Waals surface area contributed by atoms with Crippen LogP contribution in [0, 0.1) is 5.41 Å². The topological polar surface area (TPSA) is 72.0 Å². The molecule has 0 aliphatic carbocycles. The van der Waals surface area contributed by atoms with E-state index in [9.17, 15) is 0 Å². The number of ether oxygens (including phenoxy) is 1. The summed E-state index contributed by atoms with van der Waals surface area (Å²) in [5.41, 5.74) is 7.76. The molecule has 0 spiro atoms. The van der Waals surface area contributed by atoms with Crippen LogP contribution in [0.25, 0.3) is 0 Å². The second kappa shape index (κ2) is 7.22. The van der Waals surface area contributed by atoms with Gasteiger partial charge in [-0.15, -0.1) is 11.3 Å². The summed E-state index contributed by atoms with van der Waals surface area (Å²) in [6, 6.07) is 8.15. The van der Waals surface area contributed by atoms with Gasteiger partial charge in [-0.3, -0.25) is 5.41 Å². The lowest BCUT2D eigenvalue weighted by Crippen LogP contribution is -2.11. The molecule has 21 heavy (non-hydrogen) atoms. The average Bonchev–Trinajstić information content (AvgIpc) is 2.91. The number of benzene rings is 1. The Morgan fingerprint density at radius 2 is 2.14 bits per heavy atom. The van der Waals surface area contributed by atoms with Gasteiger partial charge >= 0.3 is 0 Å². The van der Waals surface area contributed by atoms with Crippen LogP contribution in [0.3, 0.4) is 0 Å². The number of nitrogens with two attached hydrogens (primary N) is 1. The van der Waals surface area contributed by atoms with Gasteiger partial charge in [-0.2, -0.15) is 0 Å². The Bertz CT molecular complexity index is 622. The molecule has 1 heterocycles. The van der Waals surface area contributed by atoms with Crippen molar-refractivity contribution in [2.75, 3.05) is 6.61 Å². The van der Waals surface area contributed by atoms with Crippen LogP contribution in [0.1, 0.15) is 35.0 Å². The first-order valence-electron chi connectivity index (χ1n) is 7.18. The molecule has 112 valence electrons. The van der Waals surface area contributed by atoms with Crippen molar-refractivity contribution in [2.45, 2.75) is 33.1 Å². The van der Waals surface area contributed by atoms with Crippen LogP contribution in [-0.4, -0.2) is 17.4 Å². The molecule has 0 amide bonds. The van der Waals surface area contributed by atoms with E-state index in [4.69, 9.17) is 15.9 Å². The van der Waals surface area contributed by atoms with Gasteiger partial charge in [0, 0.05) is 6.42 Å². The molecule has 0 bridgehead atoms. The fourth-order valence-electron chi connectivity index (χ4n) is 2.07. The summed E-state index contributed by atoms with van der Waals surface area (Å²) < 4.78 is 5.78. The fourth-order valence-corrected chi connectivity index (χ4v) is 3.06. The molecule has 0 radical (unpaired) electrons. The second-order valence-corrected chi connectivity index (χ2v) is 5.83. The first kappa shape index (κ1) is 15.5. The molecule has 1 aromatic heterocycles. The molecule has 0 aliphatic heterocycles. The molecule has 2 rings (SSSR count). The lowest BCUT2D eigenvalue weighted by atomic mass is 10.2. The van der Waals surface area contributed by atoms with E-state index in [-0.39, 0.29) is 5.84 Å². The minimum Gasteiger partial charge on any atom is -0.493 e. The van der Waals surface area contributed by atoms with E-state index >= 15 is 0 Å². The number of thiazole rings is 1. The summed E-state index contributed by atoms with van der Waals surface area (Å²) in [7, 11) is 0. The van der Waals surface area contributed by atoms with E-state index in [2.05, 4.69) is 24.0 Å². The monoisotopic (exact) mass is 303 g/mol. The third-order valence-corrected chi connectivity index (χ3v) is 4.40. The number of aromatic nitrogens is 1. The molecular weight excluding hydrogens is 282 g/mol. The van der Waals surface area contributed by atoms with E-state index in [1.54, 1.807) is 0 Å². The van der Waals surface area contributed by atoms with Crippen LogP contribution in [0.2, 0.25) is 0 Å². The number of nitrogens with one attached hydrogen (secondary N) is 1. The SMILES string of the molecule is CCc1cccc(OCCc2nc(CC)c(C(=N)N)s2)c1. The number of amidine groups is 1. The summed E-state index contributed by atoms with van der Waals surface area (Å²) in [4.78, 5) is 5.32. The predicted molar refractivity (Wildman–Crippen MR) is 87.5 cm³/mol. The minimum absolute atomic E-state index is 0.104. The van der Waals surface area contributed by atoms with Crippen LogP contribution in [0.15, 0.2) is 24.3 Å². The van der Waals surface area contributed by atoms with E-state index in [1.165, 1.54) is 16.9 Å². The Balaban J connectivity index is 1.95. The molecule has 3 N–H and O–H groups in total. The largest absolute Gasteiger partial charge is 0.493 e. The van der Waals surface area contributed by atoms with Gasteiger partial charge in [-0.05, 0) is 30.5 Å². The van der Waals surface area contributed by atoms with Crippen molar-refractivity contribution in [3.63, 3.8) is 0 Å². The van der Waals surface area contributed by atoms with Gasteiger partial charge in [0.1, 0.15) is 11.6 Å². The number of nitrogen functional groups attached to an aromatic ring is 1. The molecule has 0 saturated carbocycles. The molecule has 0 aliphatic rings. The molecule has 0 fully saturated rings. The van der Waals surface area contributed by atoms with Crippen LogP contribution >= 0.6 is 11.3 Å². The lowest BCUT2D eigenvalue weighted by Gasteiger charge is -2.06. The maximum absolute atomic E-state index is 7.57. The first-order valence-corrected chi connectivity index (χ1v) is 8.00.